The molecule has 0 aliphatic heterocycles. The lowest BCUT2D eigenvalue weighted by molar-refractivity contribution is -0.215. The molecule has 8 rings (SSSR count). The van der Waals surface area contributed by atoms with Gasteiger partial charge in [-0.2, -0.15) is 0 Å². The maximum absolute atomic E-state index is 15.0. The number of carboxylic acid groups (broad SMARTS) is 1. The third-order valence-corrected chi connectivity index (χ3v) is 21.2. The second-order valence-corrected chi connectivity index (χ2v) is 22.9. The van der Waals surface area contributed by atoms with Crippen molar-refractivity contribution in [3.8, 4) is 0 Å². The molecule has 2 N–H and O–H groups in total. The van der Waals surface area contributed by atoms with Crippen molar-refractivity contribution in [2.24, 2.45) is 92.2 Å². The minimum absolute atomic E-state index is 0.0210. The number of aliphatic carboxylic acids is 1. The van der Waals surface area contributed by atoms with E-state index in [4.69, 9.17) is 4.74 Å². The molecular formula is C49H80O5. The van der Waals surface area contributed by atoms with E-state index in [9.17, 15) is 19.8 Å². The van der Waals surface area contributed by atoms with Crippen LogP contribution in [0.15, 0.2) is 0 Å². The Balaban J connectivity index is 0.947. The Morgan fingerprint density at radius 1 is 0.667 bits per heavy atom. The average molecular weight is 749 g/mol. The molecule has 8 aliphatic rings. The van der Waals surface area contributed by atoms with Gasteiger partial charge in [-0.05, 0) is 209 Å². The number of aliphatic hydroxyl groups is 1. The van der Waals surface area contributed by atoms with Crippen LogP contribution < -0.4 is 0 Å². The number of aliphatic hydroxyl groups excluding tert-OH is 1. The summed E-state index contributed by atoms with van der Waals surface area (Å²) in [5.74, 6) is 7.26. The zero-order valence-electron chi connectivity index (χ0n) is 35.7. The van der Waals surface area contributed by atoms with Crippen LogP contribution in [0, 0.1) is 92.2 Å². The molecule has 306 valence electrons. The maximum Gasteiger partial charge on any atom is 0.313 e. The van der Waals surface area contributed by atoms with Crippen molar-refractivity contribution in [2.75, 3.05) is 0 Å². The second-order valence-electron chi connectivity index (χ2n) is 22.9. The number of fused-ring (bicyclic) bond motifs is 10. The molecule has 8 aliphatic carbocycles. The molecule has 0 heterocycles. The van der Waals surface area contributed by atoms with Crippen LogP contribution >= 0.6 is 0 Å². The highest BCUT2D eigenvalue weighted by Gasteiger charge is 2.68. The third kappa shape index (κ3) is 5.95. The maximum atomic E-state index is 15.0. The molecule has 0 spiro atoms. The molecule has 54 heavy (non-hydrogen) atoms. The van der Waals surface area contributed by atoms with E-state index in [0.29, 0.717) is 52.8 Å². The van der Waals surface area contributed by atoms with Crippen molar-refractivity contribution >= 4 is 11.9 Å². The number of carbonyl (C=O) groups is 2. The molecule has 18 atom stereocenters. The van der Waals surface area contributed by atoms with E-state index in [1.165, 1.54) is 83.5 Å². The molecule has 0 aromatic heterocycles. The number of carbonyl (C=O) groups excluding carboxylic acids is 1. The van der Waals surface area contributed by atoms with Gasteiger partial charge in [0.2, 0.25) is 0 Å². The van der Waals surface area contributed by atoms with E-state index in [0.717, 1.165) is 86.4 Å². The summed E-state index contributed by atoms with van der Waals surface area (Å²) in [6.07, 6.45) is 24.2. The lowest BCUT2D eigenvalue weighted by Gasteiger charge is -2.65. The minimum Gasteiger partial charge on any atom is -0.481 e. The van der Waals surface area contributed by atoms with Crippen molar-refractivity contribution < 1.29 is 24.5 Å². The van der Waals surface area contributed by atoms with Crippen molar-refractivity contribution in [2.45, 2.75) is 202 Å². The molecule has 5 heteroatoms. The third-order valence-electron chi connectivity index (χ3n) is 21.2. The Morgan fingerprint density at radius 3 is 1.91 bits per heavy atom. The first-order valence-corrected chi connectivity index (χ1v) is 23.7. The van der Waals surface area contributed by atoms with Gasteiger partial charge in [0.05, 0.1) is 11.5 Å². The van der Waals surface area contributed by atoms with Crippen molar-refractivity contribution in [1.82, 2.24) is 0 Å². The molecule has 6 unspecified atom stereocenters. The van der Waals surface area contributed by atoms with Gasteiger partial charge in [-0.3, -0.25) is 9.59 Å². The summed E-state index contributed by atoms with van der Waals surface area (Å²) < 4.78 is 6.87. The normalized spacial score (nSPS) is 52.0. The summed E-state index contributed by atoms with van der Waals surface area (Å²) >= 11 is 0. The van der Waals surface area contributed by atoms with Gasteiger partial charge in [-0.25, -0.2) is 0 Å². The fourth-order valence-electron chi connectivity index (χ4n) is 18.4. The Morgan fingerprint density at radius 2 is 1.26 bits per heavy atom. The number of ether oxygens (including phenoxy) is 1. The van der Waals surface area contributed by atoms with Gasteiger partial charge in [0.15, 0.2) is 0 Å². The summed E-state index contributed by atoms with van der Waals surface area (Å²) in [5.41, 5.74) is 0.509. The van der Waals surface area contributed by atoms with Crippen LogP contribution in [0.5, 0.6) is 0 Å². The summed E-state index contributed by atoms with van der Waals surface area (Å²) in [7, 11) is 0. The lowest BCUT2D eigenvalue weighted by atomic mass is 9.39. The monoisotopic (exact) mass is 749 g/mol. The molecule has 0 aromatic carbocycles. The van der Waals surface area contributed by atoms with Crippen LogP contribution in [0.1, 0.15) is 190 Å². The van der Waals surface area contributed by atoms with Gasteiger partial charge in [-0.1, -0.05) is 61.3 Å². The largest absolute Gasteiger partial charge is 0.481 e. The zero-order chi connectivity index (χ0) is 38.4. The summed E-state index contributed by atoms with van der Waals surface area (Å²) in [6, 6.07) is 0. The number of hydrogen-bond donors (Lipinski definition) is 2. The van der Waals surface area contributed by atoms with Gasteiger partial charge in [0.25, 0.3) is 0 Å². The molecule has 0 bridgehead atoms. The van der Waals surface area contributed by atoms with E-state index < -0.39 is 11.4 Å². The second kappa shape index (κ2) is 14.3. The van der Waals surface area contributed by atoms with Crippen LogP contribution in [0.4, 0.5) is 0 Å². The number of hydrogen-bond acceptors (Lipinski definition) is 4. The number of carboxylic acids is 1. The lowest BCUT2D eigenvalue weighted by Crippen LogP contribution is -2.62. The molecular weight excluding hydrogens is 669 g/mol. The Labute approximate surface area is 329 Å². The van der Waals surface area contributed by atoms with Crippen LogP contribution in [-0.4, -0.2) is 34.4 Å². The molecule has 0 amide bonds. The van der Waals surface area contributed by atoms with E-state index in [1.807, 2.05) is 0 Å². The van der Waals surface area contributed by atoms with E-state index in [1.54, 1.807) is 0 Å². The van der Waals surface area contributed by atoms with Gasteiger partial charge in [0.1, 0.15) is 6.10 Å². The van der Waals surface area contributed by atoms with E-state index >= 15 is 0 Å². The quantitative estimate of drug-likeness (QED) is 0.229. The first kappa shape index (κ1) is 39.7. The Hall–Kier alpha value is -1.10. The molecule has 8 fully saturated rings. The van der Waals surface area contributed by atoms with E-state index in [-0.39, 0.29) is 23.6 Å². The van der Waals surface area contributed by atoms with E-state index in [2.05, 4.69) is 48.5 Å². The first-order valence-electron chi connectivity index (χ1n) is 23.7. The molecule has 8 saturated carbocycles. The summed E-state index contributed by atoms with van der Waals surface area (Å²) in [6.45, 7) is 17.6. The molecule has 0 radical (unpaired) electrons. The van der Waals surface area contributed by atoms with Crippen LogP contribution in [0.3, 0.4) is 0 Å². The zero-order valence-corrected chi connectivity index (χ0v) is 35.7. The van der Waals surface area contributed by atoms with Crippen LogP contribution in [0.2, 0.25) is 0 Å². The Bertz CT molecular complexity index is 1410. The highest BCUT2D eigenvalue weighted by atomic mass is 16.5. The molecule has 5 nitrogen and oxygen atoms in total. The smallest absolute Gasteiger partial charge is 0.313 e. The van der Waals surface area contributed by atoms with Crippen LogP contribution in [0.25, 0.3) is 0 Å². The summed E-state index contributed by atoms with van der Waals surface area (Å²) in [5, 5.41) is 20.6. The number of esters is 1. The van der Waals surface area contributed by atoms with Crippen molar-refractivity contribution in [3.63, 3.8) is 0 Å². The average Bonchev–Trinajstić information content (AvgIpc) is 3.68. The first-order chi connectivity index (χ1) is 25.6. The van der Waals surface area contributed by atoms with Gasteiger partial charge in [-0.15, -0.1) is 0 Å². The topological polar surface area (TPSA) is 83.8 Å². The van der Waals surface area contributed by atoms with Crippen molar-refractivity contribution in [1.29, 1.82) is 0 Å². The van der Waals surface area contributed by atoms with Crippen molar-refractivity contribution in [3.05, 3.63) is 0 Å². The molecule has 0 aromatic rings. The highest BCUT2D eigenvalue weighted by Crippen LogP contribution is 2.73. The highest BCUT2D eigenvalue weighted by molar-refractivity contribution is 5.79. The molecule has 0 saturated heterocycles. The predicted octanol–water partition coefficient (Wildman–Crippen LogP) is 11.9. The fourth-order valence-corrected chi connectivity index (χ4v) is 18.4. The van der Waals surface area contributed by atoms with Gasteiger partial charge in [0, 0.05) is 6.42 Å². The van der Waals surface area contributed by atoms with Crippen LogP contribution in [-0.2, 0) is 14.3 Å². The number of rotatable bonds is 9. The SMILES string of the molecule is CCC[C@@H](C)[C@H]1CCC2C3CCC4(C(=O)O[C@@H]5CC[C@@]6(C)C(CC[C@H]7[C@@H]8CC[C@H]([C@H](C)CCC(=O)O)[C@@]8(C)CC[C@@H]76)C5)CC(O)CC[C@]4(C)C3CC[C@@]21C. The van der Waals surface area contributed by atoms with Gasteiger partial charge < -0.3 is 14.9 Å². The minimum atomic E-state index is -0.652. The predicted molar refractivity (Wildman–Crippen MR) is 215 cm³/mol. The fraction of sp³-hybridized carbons (Fsp3) is 0.959. The van der Waals surface area contributed by atoms with Gasteiger partial charge >= 0.3 is 11.9 Å². The standard InChI is InChI=1S/C49H80O5/c1-8-9-30(2)37-13-16-40-36-20-27-49(29-33(50)18-26-48(49,7)42(36)22-25-47(37,40)6)44(53)54-34-19-23-45(4)32(28-34)11-12-35-39-15-14-38(31(3)10-17-43(51)52)46(39,5)24-21-41(35)45/h30-42,50H,8-29H2,1-7H3,(H,51,52)/t30-,31-,32?,33?,34-,35+,36?,37-,38-,39+,40?,41+,42?,45+,46-,47-,48-,49?/m1/s1. The summed E-state index contributed by atoms with van der Waals surface area (Å²) in [4.78, 5) is 26.4. The Kier molecular flexibility index (Phi) is 10.5.